The standard InChI is InChI=1S/C14H18N4O4S/c1-14(2)21-9-7(4-19)20-13(10(9)22-14)18-6-17-8-11(18)15-5-16-12(8)23-3/h5-7,9-10,13,19H,4H2,1-3H3/t7-,9-,10-,13-/m1/s1. The number of aliphatic hydroxyl groups excluding tert-OH is 1. The zero-order valence-corrected chi connectivity index (χ0v) is 13.9. The molecule has 2 aromatic heterocycles. The Morgan fingerprint density at radius 2 is 2.04 bits per heavy atom. The number of hydrogen-bond donors (Lipinski definition) is 1. The van der Waals surface area contributed by atoms with Gasteiger partial charge in [-0.1, -0.05) is 0 Å². The van der Waals surface area contributed by atoms with Crippen molar-refractivity contribution in [1.29, 1.82) is 0 Å². The largest absolute Gasteiger partial charge is 0.394 e. The lowest BCUT2D eigenvalue weighted by atomic mass is 10.1. The fourth-order valence-corrected chi connectivity index (χ4v) is 3.69. The first-order valence-corrected chi connectivity index (χ1v) is 8.60. The first kappa shape index (κ1) is 15.3. The van der Waals surface area contributed by atoms with Gasteiger partial charge in [0.05, 0.1) is 12.9 Å². The van der Waals surface area contributed by atoms with Crippen molar-refractivity contribution in [1.82, 2.24) is 19.5 Å². The Morgan fingerprint density at radius 1 is 1.26 bits per heavy atom. The highest BCUT2D eigenvalue weighted by Crippen LogP contribution is 2.43. The average Bonchev–Trinajstić information content (AvgIpc) is 3.17. The Bertz CT molecular complexity index is 737. The second-order valence-corrected chi connectivity index (χ2v) is 6.81. The lowest BCUT2D eigenvalue weighted by molar-refractivity contribution is -0.199. The number of aromatic nitrogens is 4. The van der Waals surface area contributed by atoms with Gasteiger partial charge < -0.3 is 19.3 Å². The van der Waals surface area contributed by atoms with Crippen LogP contribution in [0.4, 0.5) is 0 Å². The molecule has 2 aliphatic rings. The predicted molar refractivity (Wildman–Crippen MR) is 81.9 cm³/mol. The minimum absolute atomic E-state index is 0.130. The molecule has 23 heavy (non-hydrogen) atoms. The molecule has 4 heterocycles. The lowest BCUT2D eigenvalue weighted by Crippen LogP contribution is -2.31. The van der Waals surface area contributed by atoms with E-state index in [2.05, 4.69) is 15.0 Å². The van der Waals surface area contributed by atoms with E-state index in [4.69, 9.17) is 14.2 Å². The Morgan fingerprint density at radius 3 is 2.78 bits per heavy atom. The smallest absolute Gasteiger partial charge is 0.166 e. The summed E-state index contributed by atoms with van der Waals surface area (Å²) in [5.41, 5.74) is 1.41. The van der Waals surface area contributed by atoms with E-state index in [1.165, 1.54) is 18.1 Å². The van der Waals surface area contributed by atoms with Crippen LogP contribution in [0.1, 0.15) is 20.1 Å². The molecule has 0 bridgehead atoms. The zero-order chi connectivity index (χ0) is 16.2. The van der Waals surface area contributed by atoms with Gasteiger partial charge in [0.2, 0.25) is 0 Å². The van der Waals surface area contributed by atoms with Crippen molar-refractivity contribution in [3.05, 3.63) is 12.7 Å². The summed E-state index contributed by atoms with van der Waals surface area (Å²) in [6.07, 6.45) is 3.60. The lowest BCUT2D eigenvalue weighted by Gasteiger charge is -2.24. The summed E-state index contributed by atoms with van der Waals surface area (Å²) < 4.78 is 19.7. The SMILES string of the molecule is CSc1ncnc2c1ncn2[C@@H]1O[C@H](CO)[C@H]2OC(C)(C)O[C@H]21. The quantitative estimate of drug-likeness (QED) is 0.653. The molecule has 0 aromatic carbocycles. The van der Waals surface area contributed by atoms with Gasteiger partial charge in [-0.3, -0.25) is 4.57 Å². The molecule has 4 atom stereocenters. The van der Waals surface area contributed by atoms with E-state index in [1.807, 2.05) is 24.7 Å². The van der Waals surface area contributed by atoms with Crippen LogP contribution in [0.5, 0.6) is 0 Å². The molecular formula is C14H18N4O4S. The molecule has 0 aliphatic carbocycles. The molecule has 2 aliphatic heterocycles. The molecule has 0 saturated carbocycles. The summed E-state index contributed by atoms with van der Waals surface area (Å²) in [7, 11) is 0. The summed E-state index contributed by atoms with van der Waals surface area (Å²) in [5.74, 6) is -0.708. The van der Waals surface area contributed by atoms with Gasteiger partial charge >= 0.3 is 0 Å². The van der Waals surface area contributed by atoms with Crippen LogP contribution in [0.15, 0.2) is 17.7 Å². The number of rotatable bonds is 3. The maximum absolute atomic E-state index is 9.58. The van der Waals surface area contributed by atoms with Gasteiger partial charge in [-0.25, -0.2) is 15.0 Å². The number of aliphatic hydroxyl groups is 1. The fourth-order valence-electron chi connectivity index (χ4n) is 3.20. The highest BCUT2D eigenvalue weighted by molar-refractivity contribution is 7.98. The van der Waals surface area contributed by atoms with Crippen LogP contribution in [0.25, 0.3) is 11.2 Å². The first-order valence-electron chi connectivity index (χ1n) is 7.37. The highest BCUT2D eigenvalue weighted by Gasteiger charge is 2.55. The summed E-state index contributed by atoms with van der Waals surface area (Å²) in [5, 5.41) is 10.4. The van der Waals surface area contributed by atoms with Crippen LogP contribution in [0.2, 0.25) is 0 Å². The molecule has 0 spiro atoms. The number of fused-ring (bicyclic) bond motifs is 2. The second-order valence-electron chi connectivity index (χ2n) is 6.02. The van der Waals surface area contributed by atoms with Crippen LogP contribution in [-0.4, -0.2) is 61.6 Å². The Balaban J connectivity index is 1.76. The zero-order valence-electron chi connectivity index (χ0n) is 13.0. The van der Waals surface area contributed by atoms with Crippen molar-refractivity contribution in [3.8, 4) is 0 Å². The molecule has 4 rings (SSSR count). The van der Waals surface area contributed by atoms with Crippen LogP contribution < -0.4 is 0 Å². The molecule has 2 aromatic rings. The number of ether oxygens (including phenoxy) is 3. The number of nitrogens with zero attached hydrogens (tertiary/aromatic N) is 4. The number of thioether (sulfide) groups is 1. The van der Waals surface area contributed by atoms with Gasteiger partial charge in [-0.15, -0.1) is 11.8 Å². The van der Waals surface area contributed by atoms with Crippen molar-refractivity contribution in [3.63, 3.8) is 0 Å². The number of imidazole rings is 1. The van der Waals surface area contributed by atoms with Crippen LogP contribution in [0, 0.1) is 0 Å². The molecule has 8 nitrogen and oxygen atoms in total. The van der Waals surface area contributed by atoms with Gasteiger partial charge in [-0.05, 0) is 20.1 Å². The molecule has 0 unspecified atom stereocenters. The fraction of sp³-hybridized carbons (Fsp3) is 0.643. The third kappa shape index (κ3) is 2.34. The maximum atomic E-state index is 9.58. The van der Waals surface area contributed by atoms with Crippen molar-refractivity contribution in [2.75, 3.05) is 12.9 Å². The van der Waals surface area contributed by atoms with Crippen LogP contribution >= 0.6 is 11.8 Å². The van der Waals surface area contributed by atoms with Gasteiger partial charge in [0.25, 0.3) is 0 Å². The van der Waals surface area contributed by atoms with Gasteiger partial charge in [0.1, 0.15) is 35.2 Å². The summed E-state index contributed by atoms with van der Waals surface area (Å²) in [6.45, 7) is 3.59. The van der Waals surface area contributed by atoms with Gasteiger partial charge in [0.15, 0.2) is 17.7 Å². The van der Waals surface area contributed by atoms with Crippen molar-refractivity contribution in [2.24, 2.45) is 0 Å². The average molecular weight is 338 g/mol. The first-order chi connectivity index (χ1) is 11.0. The summed E-state index contributed by atoms with van der Waals surface area (Å²) >= 11 is 1.51. The monoisotopic (exact) mass is 338 g/mol. The summed E-state index contributed by atoms with van der Waals surface area (Å²) in [6, 6.07) is 0. The molecular weight excluding hydrogens is 320 g/mol. The molecule has 1 N–H and O–H groups in total. The minimum atomic E-state index is -0.708. The predicted octanol–water partition coefficient (Wildman–Crippen LogP) is 0.958. The normalized spacial score (nSPS) is 32.5. The molecule has 2 saturated heterocycles. The van der Waals surface area contributed by atoms with Crippen LogP contribution in [0.3, 0.4) is 0 Å². The molecule has 9 heteroatoms. The third-order valence-electron chi connectivity index (χ3n) is 4.10. The highest BCUT2D eigenvalue weighted by atomic mass is 32.2. The summed E-state index contributed by atoms with van der Waals surface area (Å²) in [4.78, 5) is 13.0. The van der Waals surface area contributed by atoms with Crippen LogP contribution in [-0.2, 0) is 14.2 Å². The van der Waals surface area contributed by atoms with E-state index in [-0.39, 0.29) is 18.8 Å². The van der Waals surface area contributed by atoms with Crippen molar-refractivity contribution >= 4 is 22.9 Å². The van der Waals surface area contributed by atoms with E-state index in [0.29, 0.717) is 5.65 Å². The molecule has 2 fully saturated rings. The Kier molecular flexibility index (Phi) is 3.58. The minimum Gasteiger partial charge on any atom is -0.394 e. The van der Waals surface area contributed by atoms with Crippen molar-refractivity contribution in [2.45, 2.75) is 49.2 Å². The van der Waals surface area contributed by atoms with E-state index < -0.39 is 18.1 Å². The topological polar surface area (TPSA) is 91.5 Å². The van der Waals surface area contributed by atoms with E-state index in [0.717, 1.165) is 10.5 Å². The van der Waals surface area contributed by atoms with E-state index in [9.17, 15) is 5.11 Å². The Hall–Kier alpha value is -1.26. The third-order valence-corrected chi connectivity index (χ3v) is 4.78. The second kappa shape index (κ2) is 5.38. The Labute approximate surface area is 137 Å². The maximum Gasteiger partial charge on any atom is 0.166 e. The molecule has 0 radical (unpaired) electrons. The van der Waals surface area contributed by atoms with Crippen molar-refractivity contribution < 1.29 is 19.3 Å². The van der Waals surface area contributed by atoms with Gasteiger partial charge in [0, 0.05) is 0 Å². The molecule has 124 valence electrons. The van der Waals surface area contributed by atoms with E-state index in [1.54, 1.807) is 6.33 Å². The van der Waals surface area contributed by atoms with E-state index >= 15 is 0 Å². The molecule has 0 amide bonds. The van der Waals surface area contributed by atoms with Gasteiger partial charge in [-0.2, -0.15) is 0 Å². The number of hydrogen-bond acceptors (Lipinski definition) is 8.